The van der Waals surface area contributed by atoms with E-state index in [1.807, 2.05) is 0 Å². The Morgan fingerprint density at radius 2 is 2.00 bits per heavy atom. The lowest BCUT2D eigenvalue weighted by molar-refractivity contribution is -0.140. The van der Waals surface area contributed by atoms with Crippen LogP contribution in [0.15, 0.2) is 24.3 Å². The first-order valence-corrected chi connectivity index (χ1v) is 7.48. The van der Waals surface area contributed by atoms with Crippen LogP contribution in [0.25, 0.3) is 0 Å². The van der Waals surface area contributed by atoms with Gasteiger partial charge in [0.25, 0.3) is 0 Å². The van der Waals surface area contributed by atoms with Crippen LogP contribution in [0.5, 0.6) is 0 Å². The average molecular weight is 296 g/mol. The number of ether oxygens (including phenoxy) is 1. The Hall–Kier alpha value is -2.04. The molecular weight excluding hydrogens is 280 g/mol. The Morgan fingerprint density at radius 1 is 1.35 bits per heavy atom. The number of carbonyl (C=O) groups is 1. The Balaban J connectivity index is 2.65. The summed E-state index contributed by atoms with van der Waals surface area (Å²) in [6, 6.07) is 6.55. The lowest BCUT2D eigenvalue weighted by Crippen LogP contribution is -2.19. The van der Waals surface area contributed by atoms with Crippen LogP contribution in [-0.2, 0) is 19.6 Å². The maximum Gasteiger partial charge on any atom is 0.306 e. The van der Waals surface area contributed by atoms with E-state index < -0.39 is 16.0 Å². The zero-order chi connectivity index (χ0) is 15.0. The highest BCUT2D eigenvalue weighted by Crippen LogP contribution is 2.11. The summed E-state index contributed by atoms with van der Waals surface area (Å²) >= 11 is 0. The van der Waals surface area contributed by atoms with Gasteiger partial charge in [0.05, 0.1) is 25.8 Å². The van der Waals surface area contributed by atoms with Gasteiger partial charge in [0.2, 0.25) is 10.0 Å². The molecule has 0 spiro atoms. The third-order valence-electron chi connectivity index (χ3n) is 2.30. The molecule has 1 rings (SSSR count). The molecule has 0 heterocycles. The third-order valence-corrected chi connectivity index (χ3v) is 3.58. The molecule has 0 saturated heterocycles. The van der Waals surface area contributed by atoms with E-state index in [4.69, 9.17) is 5.73 Å². The molecule has 20 heavy (non-hydrogen) atoms. The zero-order valence-electron chi connectivity index (χ0n) is 11.0. The SMILES string of the molecule is COC(=O)CCS(=O)(=O)Nc1ccc(C#CCN)cc1. The highest BCUT2D eigenvalue weighted by Gasteiger charge is 2.13. The van der Waals surface area contributed by atoms with Crippen molar-refractivity contribution in [1.82, 2.24) is 0 Å². The van der Waals surface area contributed by atoms with Crippen LogP contribution in [0.4, 0.5) is 5.69 Å². The minimum atomic E-state index is -3.58. The van der Waals surface area contributed by atoms with Crippen molar-refractivity contribution in [3.05, 3.63) is 29.8 Å². The average Bonchev–Trinajstić information content (AvgIpc) is 2.43. The van der Waals surface area contributed by atoms with E-state index >= 15 is 0 Å². The molecule has 0 aliphatic rings. The van der Waals surface area contributed by atoms with Crippen molar-refractivity contribution in [3.8, 4) is 11.8 Å². The van der Waals surface area contributed by atoms with E-state index in [1.165, 1.54) is 7.11 Å². The van der Waals surface area contributed by atoms with E-state index in [-0.39, 0.29) is 18.7 Å². The molecule has 0 atom stereocenters. The van der Waals surface area contributed by atoms with Crippen molar-refractivity contribution in [1.29, 1.82) is 0 Å². The molecule has 0 aromatic heterocycles. The number of nitrogens with two attached hydrogens (primary N) is 1. The van der Waals surface area contributed by atoms with E-state index in [0.29, 0.717) is 5.69 Å². The number of benzene rings is 1. The van der Waals surface area contributed by atoms with Crippen LogP contribution >= 0.6 is 0 Å². The molecule has 0 fully saturated rings. The summed E-state index contributed by atoms with van der Waals surface area (Å²) in [5.41, 5.74) is 6.41. The van der Waals surface area contributed by atoms with Crippen LogP contribution < -0.4 is 10.5 Å². The molecule has 1 aromatic rings. The van der Waals surface area contributed by atoms with E-state index in [9.17, 15) is 13.2 Å². The topological polar surface area (TPSA) is 98.5 Å². The van der Waals surface area contributed by atoms with Crippen molar-refractivity contribution in [2.24, 2.45) is 5.73 Å². The maximum absolute atomic E-state index is 11.7. The summed E-state index contributed by atoms with van der Waals surface area (Å²) < 4.78 is 30.2. The molecule has 1 aromatic carbocycles. The van der Waals surface area contributed by atoms with Crippen LogP contribution in [0.1, 0.15) is 12.0 Å². The number of nitrogens with one attached hydrogen (secondary N) is 1. The van der Waals surface area contributed by atoms with Crippen molar-refractivity contribution in [3.63, 3.8) is 0 Å². The minimum absolute atomic E-state index is 0.189. The van der Waals surface area contributed by atoms with Gasteiger partial charge in [-0.05, 0) is 24.3 Å². The summed E-state index contributed by atoms with van der Waals surface area (Å²) in [7, 11) is -2.36. The van der Waals surface area contributed by atoms with Gasteiger partial charge < -0.3 is 10.5 Å². The Bertz CT molecular complexity index is 612. The predicted octanol–water partition coefficient (Wildman–Crippen LogP) is 0.302. The number of esters is 1. The quantitative estimate of drug-likeness (QED) is 0.601. The fraction of sp³-hybridized carbons (Fsp3) is 0.308. The molecule has 3 N–H and O–H groups in total. The number of anilines is 1. The number of hydrogen-bond donors (Lipinski definition) is 2. The first kappa shape index (κ1) is 16.0. The lowest BCUT2D eigenvalue weighted by Gasteiger charge is -2.07. The fourth-order valence-corrected chi connectivity index (χ4v) is 2.36. The highest BCUT2D eigenvalue weighted by atomic mass is 32.2. The predicted molar refractivity (Wildman–Crippen MR) is 76.4 cm³/mol. The van der Waals surface area contributed by atoms with Crippen molar-refractivity contribution in [2.45, 2.75) is 6.42 Å². The number of sulfonamides is 1. The van der Waals surface area contributed by atoms with E-state index in [1.54, 1.807) is 24.3 Å². The van der Waals surface area contributed by atoms with Gasteiger partial charge in [-0.15, -0.1) is 0 Å². The maximum atomic E-state index is 11.7. The first-order chi connectivity index (χ1) is 9.46. The smallest absolute Gasteiger partial charge is 0.306 e. The minimum Gasteiger partial charge on any atom is -0.469 e. The monoisotopic (exact) mass is 296 g/mol. The van der Waals surface area contributed by atoms with Gasteiger partial charge >= 0.3 is 5.97 Å². The summed E-state index contributed by atoms with van der Waals surface area (Å²) in [6.07, 6.45) is -0.189. The second kappa shape index (κ2) is 7.53. The molecule has 0 unspecified atom stereocenters. The molecule has 108 valence electrons. The number of methoxy groups -OCH3 is 1. The molecule has 0 bridgehead atoms. The second-order valence-electron chi connectivity index (χ2n) is 3.83. The molecule has 0 aliphatic carbocycles. The van der Waals surface area contributed by atoms with Gasteiger partial charge in [-0.1, -0.05) is 11.8 Å². The van der Waals surface area contributed by atoms with Gasteiger partial charge in [0.15, 0.2) is 0 Å². The first-order valence-electron chi connectivity index (χ1n) is 5.83. The van der Waals surface area contributed by atoms with Gasteiger partial charge in [-0.25, -0.2) is 8.42 Å². The molecule has 0 amide bonds. The molecular formula is C13H16N2O4S. The molecule has 0 radical (unpaired) electrons. The lowest BCUT2D eigenvalue weighted by atomic mass is 10.2. The molecule has 0 saturated carbocycles. The largest absolute Gasteiger partial charge is 0.469 e. The van der Waals surface area contributed by atoms with Crippen molar-refractivity contribution >= 4 is 21.7 Å². The third kappa shape index (κ3) is 5.73. The van der Waals surface area contributed by atoms with E-state index in [2.05, 4.69) is 21.3 Å². The molecule has 6 nitrogen and oxygen atoms in total. The second-order valence-corrected chi connectivity index (χ2v) is 5.67. The summed E-state index contributed by atoms with van der Waals surface area (Å²) in [5.74, 6) is 4.64. The Kier molecular flexibility index (Phi) is 6.03. The number of rotatable bonds is 5. The van der Waals surface area contributed by atoms with Gasteiger partial charge in [0.1, 0.15) is 0 Å². The van der Waals surface area contributed by atoms with Crippen LogP contribution in [0.3, 0.4) is 0 Å². The van der Waals surface area contributed by atoms with E-state index in [0.717, 1.165) is 5.56 Å². The summed E-state index contributed by atoms with van der Waals surface area (Å²) in [6.45, 7) is 0.266. The van der Waals surface area contributed by atoms with Gasteiger partial charge in [0, 0.05) is 11.3 Å². The van der Waals surface area contributed by atoms with Crippen LogP contribution in [0, 0.1) is 11.8 Å². The van der Waals surface area contributed by atoms with Gasteiger partial charge in [-0.2, -0.15) is 0 Å². The summed E-state index contributed by atoms with van der Waals surface area (Å²) in [5, 5.41) is 0. The Labute approximate surface area is 118 Å². The fourth-order valence-electron chi connectivity index (χ4n) is 1.33. The molecule has 7 heteroatoms. The van der Waals surface area contributed by atoms with Crippen LogP contribution in [-0.4, -0.2) is 33.8 Å². The Morgan fingerprint density at radius 3 is 2.55 bits per heavy atom. The standard InChI is InChI=1S/C13H16N2O4S/c1-19-13(16)8-10-20(17,18)15-12-6-4-11(5-7-12)3-2-9-14/h4-7,15H,8-10,14H2,1H3. The normalized spacial score (nSPS) is 10.3. The van der Waals surface area contributed by atoms with Gasteiger partial charge in [-0.3, -0.25) is 9.52 Å². The number of carbonyl (C=O) groups excluding carboxylic acids is 1. The summed E-state index contributed by atoms with van der Waals surface area (Å²) in [4.78, 5) is 10.9. The number of hydrogen-bond acceptors (Lipinski definition) is 5. The van der Waals surface area contributed by atoms with Crippen LogP contribution in [0.2, 0.25) is 0 Å². The van der Waals surface area contributed by atoms with Crippen molar-refractivity contribution in [2.75, 3.05) is 24.1 Å². The molecule has 0 aliphatic heterocycles. The zero-order valence-corrected chi connectivity index (χ0v) is 11.9. The van der Waals surface area contributed by atoms with Crippen molar-refractivity contribution < 1.29 is 17.9 Å². The highest BCUT2D eigenvalue weighted by molar-refractivity contribution is 7.92.